The van der Waals surface area contributed by atoms with Gasteiger partial charge in [-0.3, -0.25) is 9.59 Å². The van der Waals surface area contributed by atoms with E-state index in [2.05, 4.69) is 10.4 Å². The van der Waals surface area contributed by atoms with Crippen LogP contribution in [0.15, 0.2) is 69.3 Å². The van der Waals surface area contributed by atoms with Crippen molar-refractivity contribution in [2.24, 2.45) is 0 Å². The number of carbonyl (C=O) groups excluding carboxylic acids is 1. The van der Waals surface area contributed by atoms with Gasteiger partial charge in [-0.25, -0.2) is 13.1 Å². The first-order valence-corrected chi connectivity index (χ1v) is 10.6. The van der Waals surface area contributed by atoms with Gasteiger partial charge in [0.15, 0.2) is 5.03 Å². The number of nitrogens with zero attached hydrogens (tertiary/aromatic N) is 2. The summed E-state index contributed by atoms with van der Waals surface area (Å²) in [4.78, 5) is 24.7. The van der Waals surface area contributed by atoms with E-state index in [1.807, 2.05) is 6.92 Å². The van der Waals surface area contributed by atoms with Crippen molar-refractivity contribution in [3.8, 4) is 11.5 Å². The van der Waals surface area contributed by atoms with Gasteiger partial charge in [0.1, 0.15) is 18.0 Å². The maximum Gasteiger partial charge on any atom is 0.267 e. The summed E-state index contributed by atoms with van der Waals surface area (Å²) in [7, 11) is -1.00. The molecule has 1 heterocycles. The molecule has 0 atom stereocenters. The van der Waals surface area contributed by atoms with Gasteiger partial charge >= 0.3 is 0 Å². The summed E-state index contributed by atoms with van der Waals surface area (Å²) in [6, 6.07) is 13.3. The fourth-order valence-electron chi connectivity index (χ4n) is 2.75. The van der Waals surface area contributed by atoms with Crippen molar-refractivity contribution in [2.45, 2.75) is 23.4 Å². The fraction of sp³-hybridized carbons (Fsp3) is 0.190. The molecular weight excluding hydrogens is 422 g/mol. The van der Waals surface area contributed by atoms with Gasteiger partial charge in [0.25, 0.3) is 5.56 Å². The molecule has 0 saturated carbocycles. The number of hydrogen-bond acceptors (Lipinski definition) is 7. The van der Waals surface area contributed by atoms with E-state index in [4.69, 9.17) is 9.47 Å². The van der Waals surface area contributed by atoms with Crippen molar-refractivity contribution >= 4 is 21.4 Å². The number of carbonyl (C=O) groups is 1. The molecule has 3 aromatic rings. The van der Waals surface area contributed by atoms with E-state index < -0.39 is 27.8 Å². The van der Waals surface area contributed by atoms with Crippen molar-refractivity contribution in [2.75, 3.05) is 19.5 Å². The molecule has 2 aromatic carbocycles. The normalized spacial score (nSPS) is 11.1. The van der Waals surface area contributed by atoms with E-state index >= 15 is 0 Å². The van der Waals surface area contributed by atoms with Crippen molar-refractivity contribution in [3.05, 3.63) is 70.5 Å². The molecule has 0 unspecified atom stereocenters. The number of methoxy groups -OCH3 is 2. The third kappa shape index (κ3) is 4.92. The molecule has 10 heteroatoms. The molecule has 31 heavy (non-hydrogen) atoms. The first-order chi connectivity index (χ1) is 14.7. The molecule has 0 radical (unpaired) electrons. The molecule has 0 spiro atoms. The topological polar surface area (TPSA) is 117 Å². The highest BCUT2D eigenvalue weighted by Crippen LogP contribution is 2.29. The van der Waals surface area contributed by atoms with E-state index in [1.54, 1.807) is 30.3 Å². The maximum absolute atomic E-state index is 12.8. The van der Waals surface area contributed by atoms with E-state index in [0.717, 1.165) is 22.4 Å². The Hall–Kier alpha value is -3.66. The van der Waals surface area contributed by atoms with Gasteiger partial charge in [-0.2, -0.15) is 5.10 Å². The minimum atomic E-state index is -3.94. The molecule has 1 amide bonds. The van der Waals surface area contributed by atoms with Crippen LogP contribution in [0, 0.1) is 6.92 Å². The van der Waals surface area contributed by atoms with Crippen LogP contribution in [-0.4, -0.2) is 38.3 Å². The van der Waals surface area contributed by atoms with Crippen LogP contribution < -0.4 is 20.3 Å². The second-order valence-corrected chi connectivity index (χ2v) is 8.49. The van der Waals surface area contributed by atoms with E-state index in [0.29, 0.717) is 17.2 Å². The smallest absolute Gasteiger partial charge is 0.267 e. The first kappa shape index (κ1) is 22.0. The number of anilines is 1. The van der Waals surface area contributed by atoms with E-state index in [1.165, 1.54) is 26.4 Å². The van der Waals surface area contributed by atoms with E-state index in [-0.39, 0.29) is 9.92 Å². The lowest BCUT2D eigenvalue weighted by Crippen LogP contribution is -2.30. The summed E-state index contributed by atoms with van der Waals surface area (Å²) in [5, 5.41) is 6.19. The number of benzene rings is 2. The number of ether oxygens (including phenoxy) is 2. The zero-order valence-electron chi connectivity index (χ0n) is 17.2. The largest absolute Gasteiger partial charge is 0.497 e. The third-order valence-electron chi connectivity index (χ3n) is 4.42. The zero-order chi connectivity index (χ0) is 22.6. The zero-order valence-corrected chi connectivity index (χ0v) is 18.0. The predicted octanol–water partition coefficient (Wildman–Crippen LogP) is 2.04. The molecule has 0 fully saturated rings. The minimum absolute atomic E-state index is 0.0446. The highest BCUT2D eigenvalue weighted by atomic mass is 32.2. The Balaban J connectivity index is 1.85. The molecule has 0 aliphatic heterocycles. The van der Waals surface area contributed by atoms with Crippen LogP contribution in [0.5, 0.6) is 11.5 Å². The number of rotatable bonds is 7. The summed E-state index contributed by atoms with van der Waals surface area (Å²) in [5.74, 6) is 0.327. The molecule has 9 nitrogen and oxygen atoms in total. The van der Waals surface area contributed by atoms with Crippen molar-refractivity contribution in [1.29, 1.82) is 0 Å². The van der Waals surface area contributed by atoms with Crippen LogP contribution in [0.2, 0.25) is 0 Å². The Morgan fingerprint density at radius 1 is 1.03 bits per heavy atom. The van der Waals surface area contributed by atoms with E-state index in [9.17, 15) is 18.0 Å². The van der Waals surface area contributed by atoms with Gasteiger partial charge in [-0.1, -0.05) is 17.7 Å². The van der Waals surface area contributed by atoms with Crippen LogP contribution in [0.3, 0.4) is 0 Å². The lowest BCUT2D eigenvalue weighted by Gasteiger charge is -2.12. The summed E-state index contributed by atoms with van der Waals surface area (Å²) in [5.41, 5.74) is 0.659. The number of hydrogen-bond donors (Lipinski definition) is 1. The molecule has 0 saturated heterocycles. The lowest BCUT2D eigenvalue weighted by molar-refractivity contribution is -0.117. The van der Waals surface area contributed by atoms with Crippen LogP contribution in [-0.2, 0) is 21.2 Å². The van der Waals surface area contributed by atoms with Crippen LogP contribution >= 0.6 is 0 Å². The van der Waals surface area contributed by atoms with Gasteiger partial charge in [0.2, 0.25) is 15.7 Å². The maximum atomic E-state index is 12.8. The Bertz CT molecular complexity index is 1270. The quantitative estimate of drug-likeness (QED) is 0.594. The van der Waals surface area contributed by atoms with Gasteiger partial charge in [0.05, 0.1) is 24.8 Å². The highest BCUT2D eigenvalue weighted by molar-refractivity contribution is 7.91. The Labute approximate surface area is 179 Å². The summed E-state index contributed by atoms with van der Waals surface area (Å²) >= 11 is 0. The van der Waals surface area contributed by atoms with Crippen LogP contribution in [0.25, 0.3) is 0 Å². The average molecular weight is 443 g/mol. The number of aryl methyl sites for hydroxylation is 1. The number of sulfone groups is 1. The molecule has 0 aliphatic rings. The summed E-state index contributed by atoms with van der Waals surface area (Å²) < 4.78 is 36.8. The highest BCUT2D eigenvalue weighted by Gasteiger charge is 2.21. The van der Waals surface area contributed by atoms with Crippen molar-refractivity contribution in [3.63, 3.8) is 0 Å². The first-order valence-electron chi connectivity index (χ1n) is 9.16. The number of aromatic nitrogens is 2. The average Bonchev–Trinajstić information content (AvgIpc) is 2.75. The Morgan fingerprint density at radius 2 is 1.74 bits per heavy atom. The van der Waals surface area contributed by atoms with Crippen LogP contribution in [0.1, 0.15) is 5.56 Å². The van der Waals surface area contributed by atoms with Gasteiger partial charge < -0.3 is 14.8 Å². The molecule has 1 N–H and O–H groups in total. The fourth-order valence-corrected chi connectivity index (χ4v) is 3.94. The second kappa shape index (κ2) is 9.00. The molecule has 3 rings (SSSR count). The standard InChI is InChI=1S/C21H21N3O6S/c1-14-4-7-16(8-5-14)31(27,28)20-10-11-21(26)24(23-20)13-19(25)22-17-9-6-15(29-2)12-18(17)30-3/h4-12H,13H2,1-3H3,(H,22,25). The Morgan fingerprint density at radius 3 is 2.39 bits per heavy atom. The predicted molar refractivity (Wildman–Crippen MR) is 113 cm³/mol. The van der Waals surface area contributed by atoms with Crippen LogP contribution in [0.4, 0.5) is 5.69 Å². The molecular formula is C21H21N3O6S. The van der Waals surface area contributed by atoms with Crippen molar-refractivity contribution in [1.82, 2.24) is 9.78 Å². The van der Waals surface area contributed by atoms with Gasteiger partial charge in [-0.15, -0.1) is 0 Å². The lowest BCUT2D eigenvalue weighted by atomic mass is 10.2. The SMILES string of the molecule is COc1ccc(NC(=O)Cn2nc(S(=O)(=O)c3ccc(C)cc3)ccc2=O)c(OC)c1. The molecule has 1 aromatic heterocycles. The molecule has 0 aliphatic carbocycles. The second-order valence-electron chi connectivity index (χ2n) is 6.60. The number of nitrogens with one attached hydrogen (secondary N) is 1. The van der Waals surface area contributed by atoms with Gasteiger partial charge in [0, 0.05) is 12.1 Å². The summed E-state index contributed by atoms with van der Waals surface area (Å²) in [6.45, 7) is 1.36. The summed E-state index contributed by atoms with van der Waals surface area (Å²) in [6.07, 6.45) is 0. The van der Waals surface area contributed by atoms with Gasteiger partial charge in [-0.05, 0) is 37.3 Å². The molecule has 162 valence electrons. The minimum Gasteiger partial charge on any atom is -0.497 e. The monoisotopic (exact) mass is 443 g/mol. The van der Waals surface area contributed by atoms with Crippen molar-refractivity contribution < 1.29 is 22.7 Å². The number of amides is 1. The Kier molecular flexibility index (Phi) is 6.40. The molecule has 0 bridgehead atoms. The third-order valence-corrected chi connectivity index (χ3v) is 6.09.